The molecule has 2 aliphatic heterocycles. The Bertz CT molecular complexity index is 4690. The second-order valence-corrected chi connectivity index (χ2v) is 30.4. The number of carbonyl (C=O) groups is 17. The van der Waals surface area contributed by atoms with Crippen LogP contribution in [-0.2, 0) is 109 Å². The van der Waals surface area contributed by atoms with Gasteiger partial charge < -0.3 is 133 Å². The molecule has 16 amide bonds. The van der Waals surface area contributed by atoms with Crippen LogP contribution < -0.4 is 97.4 Å². The number of thiol groups is 2. The van der Waals surface area contributed by atoms with Crippen LogP contribution in [0, 0.1) is 5.41 Å². The topological polar surface area (TPSA) is 737 Å². The van der Waals surface area contributed by atoms with Crippen molar-refractivity contribution in [2.24, 2.45) is 22.9 Å². The summed E-state index contributed by atoms with van der Waals surface area (Å²) in [7, 11) is 0. The Balaban J connectivity index is 1.35. The SMILES string of the molecule is C[C@@H](O)[C@@H]1NC(=O)[C@@H](NC(=O)C(CS)NC(=O)CN)Cc2cn(nn2)CCC[C@@H](C(=O)N[C@@H](Cc2ccc(O)cc2)C(=O)N[C@@H](Cc2ccc(O)cc2)C(=O)O)NC(=O)[C@H](CCC(N)=O)NC(=O)[C@H](Cc2c[nH]c3ccccc23)NC(=O)[C@H](CCCNC(N)=O)NC(=O)[C@H](CS)NC(=O)[C@H](CCCNC(=N)N)NC(=O)[C@@H]2CCCN2C(=O)[C@H](CC(=O)O)NC1=O. The van der Waals surface area contributed by atoms with Gasteiger partial charge in [0.2, 0.25) is 82.7 Å². The zero-order chi connectivity index (χ0) is 91.7. The van der Waals surface area contributed by atoms with Crippen LogP contribution in [0.1, 0.15) is 99.9 Å². The Morgan fingerprint density at radius 3 is 1.76 bits per heavy atom. The number of para-hydroxylation sites is 1. The predicted molar refractivity (Wildman–Crippen MR) is 449 cm³/mol. The van der Waals surface area contributed by atoms with Gasteiger partial charge in [-0.25, -0.2) is 9.59 Å². The standard InChI is InChI=1S/C77H106N24O22S2/c1-38(102)62-73(119)94-54(32-61(107)108)74(120)101-27-7-13-58(101)72(118)90-48(10-4-24-83-76(80)81)65(111)96-57(37-125)71(117)88-47(11-5-25-84-77(82)123)63(109)92-52(30-41-34-85-46-9-3-2-8-45(41)46)68(114)89-50(22-23-59(79)105)66(112)87-49(12-6-26-100-35-42(98-99-100)31-53(69(115)97-62)93-70(116)56(36-124)86-60(106)33-78)64(110)91-51(28-39-14-18-43(103)19-15-39)67(113)95-55(75(121)122)29-40-16-20-44(104)21-17-40/h2-3,8-9,14-21,34-35,38,47-58,62,85,102-104,124-125H,4-7,10-13,22-33,36-37,78H2,1H3,(H2,79,105)(H,86,106)(H,87,112)(H,88,117)(H,89,114)(H,90,118)(H,91,110)(H,92,109)(H,93,116)(H,94,119)(H,95,113)(H,96,111)(H,97,115)(H,107,108)(H,121,122)(H4,80,81,83)(H3,82,84,123)/t38-,47+,48+,49+,50+,51+,52+,53+,54+,55+,56?,57+,58+,62+/m1/s1. The van der Waals surface area contributed by atoms with Gasteiger partial charge in [-0.15, -0.1) is 5.10 Å². The van der Waals surface area contributed by atoms with E-state index in [4.69, 9.17) is 28.3 Å². The van der Waals surface area contributed by atoms with Gasteiger partial charge in [-0.05, 0) is 112 Å². The molecular formula is C77H106N24O22S2. The third-order valence-corrected chi connectivity index (χ3v) is 20.9. The van der Waals surface area contributed by atoms with Crippen molar-refractivity contribution in [1.29, 1.82) is 5.41 Å². The number of hydrogen-bond acceptors (Lipinski definition) is 26. The molecule has 4 heterocycles. The van der Waals surface area contributed by atoms with E-state index in [-0.39, 0.29) is 100 Å². The average Bonchev–Trinajstić information content (AvgIpc) is 1.77. The Morgan fingerprint density at radius 2 is 1.18 bits per heavy atom. The fourth-order valence-electron chi connectivity index (χ4n) is 13.6. The number of primary amides is 2. The predicted octanol–water partition coefficient (Wildman–Crippen LogP) is -7.22. The van der Waals surface area contributed by atoms with Crippen molar-refractivity contribution in [2.75, 3.05) is 37.7 Å². The van der Waals surface area contributed by atoms with Gasteiger partial charge in [0.05, 0.1) is 24.8 Å². The molecule has 678 valence electrons. The quantitative estimate of drug-likeness (QED) is 0.00848. The molecule has 14 atom stereocenters. The number of guanidine groups is 1. The number of aromatic amines is 1. The van der Waals surface area contributed by atoms with Gasteiger partial charge in [-0.3, -0.25) is 82.0 Å². The van der Waals surface area contributed by atoms with Crippen LogP contribution in [0.15, 0.2) is 85.2 Å². The Labute approximate surface area is 725 Å². The molecule has 0 spiro atoms. The third kappa shape index (κ3) is 31.2. The summed E-state index contributed by atoms with van der Waals surface area (Å²) in [5.41, 5.74) is 23.6. The zero-order valence-corrected chi connectivity index (χ0v) is 69.7. The average molecular weight is 1780 g/mol. The number of rotatable bonds is 31. The van der Waals surface area contributed by atoms with E-state index in [1.54, 1.807) is 24.3 Å². The van der Waals surface area contributed by atoms with E-state index >= 15 is 19.2 Å². The van der Waals surface area contributed by atoms with Gasteiger partial charge >= 0.3 is 18.0 Å². The fourth-order valence-corrected chi connectivity index (χ4v) is 14.1. The van der Waals surface area contributed by atoms with E-state index in [1.165, 1.54) is 65.6 Å². The second kappa shape index (κ2) is 48.5. The molecule has 1 unspecified atom stereocenters. The molecule has 0 radical (unpaired) electrons. The molecule has 29 N–H and O–H groups in total. The molecular weight excluding hydrogens is 1680 g/mol. The highest BCUT2D eigenvalue weighted by Crippen LogP contribution is 2.24. The minimum absolute atomic E-state index is 0.0197. The minimum atomic E-state index is -2.10. The smallest absolute Gasteiger partial charge is 0.326 e. The van der Waals surface area contributed by atoms with E-state index in [9.17, 15) is 87.9 Å². The number of aliphatic hydroxyl groups is 1. The first-order valence-corrected chi connectivity index (χ1v) is 41.1. The number of urea groups is 1. The third-order valence-electron chi connectivity index (χ3n) is 20.1. The number of H-pyrrole nitrogens is 1. The maximum atomic E-state index is 15.4. The van der Waals surface area contributed by atoms with Gasteiger partial charge in [0.25, 0.3) is 0 Å². The van der Waals surface area contributed by atoms with Crippen LogP contribution in [0.5, 0.6) is 11.5 Å². The number of fused-ring (bicyclic) bond motifs is 4. The van der Waals surface area contributed by atoms with Crippen molar-refractivity contribution in [1.82, 2.24) is 99.3 Å². The highest BCUT2D eigenvalue weighted by molar-refractivity contribution is 7.80. The van der Waals surface area contributed by atoms with Crippen LogP contribution in [0.25, 0.3) is 10.9 Å². The molecule has 1 fully saturated rings. The highest BCUT2D eigenvalue weighted by atomic mass is 32.1. The van der Waals surface area contributed by atoms with Gasteiger partial charge in [-0.2, -0.15) is 25.3 Å². The van der Waals surface area contributed by atoms with Gasteiger partial charge in [-0.1, -0.05) is 47.7 Å². The number of aliphatic hydroxyl groups excluding tert-OH is 1. The maximum Gasteiger partial charge on any atom is 0.326 e. The largest absolute Gasteiger partial charge is 0.508 e. The summed E-state index contributed by atoms with van der Waals surface area (Å²) in [6.45, 7) is -0.320. The second-order valence-electron chi connectivity index (χ2n) is 29.7. The molecule has 2 bridgehead atoms. The van der Waals surface area contributed by atoms with Crippen molar-refractivity contribution in [3.05, 3.63) is 108 Å². The number of aromatic hydroxyl groups is 2. The fraction of sp³-hybridized carbons (Fsp3) is 0.481. The van der Waals surface area contributed by atoms with Crippen molar-refractivity contribution < 1.29 is 107 Å². The first-order chi connectivity index (χ1) is 59.4. The molecule has 1 saturated heterocycles. The molecule has 5 aromatic rings. The normalized spacial score (nSPS) is 21.6. The number of aliphatic carboxylic acids is 2. The Kier molecular flexibility index (Phi) is 38.3. The van der Waals surface area contributed by atoms with E-state index in [2.05, 4.69) is 115 Å². The molecule has 2 aromatic heterocycles. The van der Waals surface area contributed by atoms with Crippen LogP contribution >= 0.6 is 25.3 Å². The number of nitrogens with zero attached hydrogens (tertiary/aromatic N) is 4. The van der Waals surface area contributed by atoms with E-state index in [0.717, 1.165) is 11.8 Å². The monoisotopic (exact) mass is 1780 g/mol. The van der Waals surface area contributed by atoms with Crippen molar-refractivity contribution in [3.63, 3.8) is 0 Å². The van der Waals surface area contributed by atoms with Crippen molar-refractivity contribution in [2.45, 2.75) is 194 Å². The van der Waals surface area contributed by atoms with E-state index < -0.39 is 249 Å². The van der Waals surface area contributed by atoms with Crippen LogP contribution in [-0.4, -0.2) is 279 Å². The number of carbonyl (C=O) groups excluding carboxylic acids is 15. The number of phenols is 2. The summed E-state index contributed by atoms with van der Waals surface area (Å²) in [4.78, 5) is 244. The lowest BCUT2D eigenvalue weighted by atomic mass is 10.0. The first-order valence-electron chi connectivity index (χ1n) is 39.8. The van der Waals surface area contributed by atoms with Crippen LogP contribution in [0.3, 0.4) is 0 Å². The van der Waals surface area contributed by atoms with E-state index in [0.29, 0.717) is 27.6 Å². The number of carboxylic acid groups (broad SMARTS) is 2. The van der Waals surface area contributed by atoms with Gasteiger partial charge in [0.1, 0.15) is 90.0 Å². The number of nitrogens with one attached hydrogen (secondary N) is 16. The van der Waals surface area contributed by atoms with Crippen molar-refractivity contribution in [3.8, 4) is 11.5 Å². The Hall–Kier alpha value is -13.4. The summed E-state index contributed by atoms with van der Waals surface area (Å²) in [6, 6.07) is -6.30. The van der Waals surface area contributed by atoms with Crippen molar-refractivity contribution >= 4 is 143 Å². The minimum Gasteiger partial charge on any atom is -0.508 e. The number of phenolic OH excluding ortho intramolecular Hbond substituents is 2. The number of carboxylic acids is 2. The molecule has 48 heteroatoms. The van der Waals surface area contributed by atoms with Crippen LogP contribution in [0.4, 0.5) is 4.79 Å². The summed E-state index contributed by atoms with van der Waals surface area (Å²) in [6.07, 6.45) is -4.76. The number of aryl methyl sites for hydroxylation is 1. The van der Waals surface area contributed by atoms with Crippen LogP contribution in [0.2, 0.25) is 0 Å². The molecule has 0 aliphatic carbocycles. The maximum absolute atomic E-state index is 15.4. The lowest BCUT2D eigenvalue weighted by Gasteiger charge is -2.31. The molecule has 7 rings (SSSR count). The number of hydrogen-bond donors (Lipinski definition) is 27. The Morgan fingerprint density at radius 1 is 0.616 bits per heavy atom. The molecule has 46 nitrogen and oxygen atoms in total. The molecule has 3 aromatic carbocycles. The first kappa shape index (κ1) is 98.7. The number of nitrogens with two attached hydrogens (primary N) is 4. The molecule has 0 saturated carbocycles. The highest BCUT2D eigenvalue weighted by Gasteiger charge is 2.43. The van der Waals surface area contributed by atoms with Gasteiger partial charge in [0, 0.05) is 93.1 Å². The summed E-state index contributed by atoms with van der Waals surface area (Å²) < 4.78 is 1.17. The number of amides is 16. The lowest BCUT2D eigenvalue weighted by Crippen LogP contribution is -2.62. The number of benzene rings is 3. The molecule has 125 heavy (non-hydrogen) atoms. The molecule has 2 aliphatic rings. The zero-order valence-electron chi connectivity index (χ0n) is 67.9. The summed E-state index contributed by atoms with van der Waals surface area (Å²) in [5.74, 6) is -20.4. The number of aromatic nitrogens is 4. The summed E-state index contributed by atoms with van der Waals surface area (Å²) >= 11 is 8.52. The van der Waals surface area contributed by atoms with Gasteiger partial charge in [0.15, 0.2) is 5.96 Å². The lowest BCUT2D eigenvalue weighted by molar-refractivity contribution is -0.146. The summed E-state index contributed by atoms with van der Waals surface area (Å²) in [5, 5.41) is 103. The van der Waals surface area contributed by atoms with E-state index in [1.807, 2.05) is 0 Å².